The highest BCUT2D eigenvalue weighted by Crippen LogP contribution is 2.42. The molecule has 0 bridgehead atoms. The van der Waals surface area contributed by atoms with E-state index in [-0.39, 0.29) is 5.78 Å². The van der Waals surface area contributed by atoms with E-state index in [9.17, 15) is 14.9 Å². The number of nitrogens with zero attached hydrogens (tertiary/aromatic N) is 2. The molecule has 1 fully saturated rings. The van der Waals surface area contributed by atoms with E-state index in [4.69, 9.17) is 4.74 Å². The lowest BCUT2D eigenvalue weighted by Gasteiger charge is -2.45. The molecule has 1 amide bonds. The topological polar surface area (TPSA) is 70.4 Å². The van der Waals surface area contributed by atoms with E-state index in [1.807, 2.05) is 12.2 Å². The molecule has 0 aromatic rings. The molecule has 21 heavy (non-hydrogen) atoms. The SMILES string of the molecule is C[C@H]1C(C#N)C(=O)C2(CC=CC2)CN1C(=O)OC(C)(C)C. The molecule has 1 spiro atoms. The molecule has 1 saturated heterocycles. The molecule has 114 valence electrons. The van der Waals surface area contributed by atoms with Crippen molar-refractivity contribution >= 4 is 11.9 Å². The Labute approximate surface area is 125 Å². The second kappa shape index (κ2) is 5.18. The van der Waals surface area contributed by atoms with Gasteiger partial charge < -0.3 is 9.64 Å². The Hall–Kier alpha value is -1.83. The Morgan fingerprint density at radius 3 is 2.48 bits per heavy atom. The number of ether oxygens (including phenoxy) is 1. The number of carbonyl (C=O) groups is 2. The molecule has 2 atom stereocenters. The minimum atomic E-state index is -0.786. The number of likely N-dealkylation sites (tertiary alicyclic amines) is 1. The van der Waals surface area contributed by atoms with Crippen molar-refractivity contribution in [1.29, 1.82) is 5.26 Å². The fourth-order valence-electron chi connectivity index (χ4n) is 3.03. The maximum atomic E-state index is 12.6. The fraction of sp³-hybridized carbons (Fsp3) is 0.688. The van der Waals surface area contributed by atoms with Crippen LogP contribution in [0.1, 0.15) is 40.5 Å². The average molecular weight is 290 g/mol. The Balaban J connectivity index is 2.27. The van der Waals surface area contributed by atoms with Crippen LogP contribution in [0.2, 0.25) is 0 Å². The van der Waals surface area contributed by atoms with Gasteiger partial charge in [0.05, 0.1) is 17.5 Å². The number of nitriles is 1. The predicted octanol–water partition coefficient (Wildman–Crippen LogP) is 2.67. The number of rotatable bonds is 0. The lowest BCUT2D eigenvalue weighted by atomic mass is 9.70. The minimum absolute atomic E-state index is 0.0395. The monoisotopic (exact) mass is 290 g/mol. The molecule has 5 nitrogen and oxygen atoms in total. The summed E-state index contributed by atoms with van der Waals surface area (Å²) in [6.45, 7) is 7.48. The largest absolute Gasteiger partial charge is 0.444 e. The molecular formula is C16H22N2O3. The van der Waals surface area contributed by atoms with Crippen molar-refractivity contribution in [3.05, 3.63) is 12.2 Å². The van der Waals surface area contributed by atoms with Crippen LogP contribution in [-0.2, 0) is 9.53 Å². The maximum Gasteiger partial charge on any atom is 0.410 e. The van der Waals surface area contributed by atoms with E-state index in [2.05, 4.69) is 6.07 Å². The zero-order chi connectivity index (χ0) is 15.8. The number of hydrogen-bond acceptors (Lipinski definition) is 4. The molecule has 1 heterocycles. The molecule has 0 N–H and O–H groups in total. The summed E-state index contributed by atoms with van der Waals surface area (Å²) >= 11 is 0. The molecular weight excluding hydrogens is 268 g/mol. The van der Waals surface area contributed by atoms with Crippen LogP contribution < -0.4 is 0 Å². The Bertz CT molecular complexity index is 517. The summed E-state index contributed by atoms with van der Waals surface area (Å²) in [5.74, 6) is -0.825. The third kappa shape index (κ3) is 2.80. The first-order valence-corrected chi connectivity index (χ1v) is 7.29. The van der Waals surface area contributed by atoms with Crippen LogP contribution in [0.5, 0.6) is 0 Å². The van der Waals surface area contributed by atoms with Crippen molar-refractivity contribution in [3.8, 4) is 6.07 Å². The summed E-state index contributed by atoms with van der Waals surface area (Å²) in [6, 6.07) is 1.62. The van der Waals surface area contributed by atoms with Gasteiger partial charge in [0.25, 0.3) is 0 Å². The van der Waals surface area contributed by atoms with Crippen LogP contribution in [0.4, 0.5) is 4.79 Å². The Morgan fingerprint density at radius 2 is 2.00 bits per heavy atom. The van der Waals surface area contributed by atoms with Gasteiger partial charge in [0.1, 0.15) is 11.5 Å². The zero-order valence-electron chi connectivity index (χ0n) is 13.0. The number of hydrogen-bond donors (Lipinski definition) is 0. The first-order chi connectivity index (χ1) is 9.70. The van der Waals surface area contributed by atoms with Crippen molar-refractivity contribution in [2.45, 2.75) is 52.2 Å². The lowest BCUT2D eigenvalue weighted by Crippen LogP contribution is -2.59. The van der Waals surface area contributed by atoms with E-state index in [1.54, 1.807) is 32.6 Å². The molecule has 0 aromatic heterocycles. The van der Waals surface area contributed by atoms with Gasteiger partial charge in [-0.3, -0.25) is 4.79 Å². The Kier molecular flexibility index (Phi) is 3.83. The van der Waals surface area contributed by atoms with Gasteiger partial charge in [0.2, 0.25) is 0 Å². The number of ketones is 1. The van der Waals surface area contributed by atoms with Crippen molar-refractivity contribution in [2.75, 3.05) is 6.54 Å². The molecule has 2 rings (SSSR count). The molecule has 1 unspecified atom stereocenters. The third-order valence-electron chi connectivity index (χ3n) is 4.20. The highest BCUT2D eigenvalue weighted by atomic mass is 16.6. The van der Waals surface area contributed by atoms with Gasteiger partial charge in [0, 0.05) is 6.54 Å². The summed E-state index contributed by atoms with van der Waals surface area (Å²) in [6.07, 6.45) is 4.64. The van der Waals surface area contributed by atoms with Crippen molar-refractivity contribution < 1.29 is 14.3 Å². The number of piperidine rings is 1. The number of amides is 1. The molecule has 2 aliphatic rings. The van der Waals surface area contributed by atoms with Gasteiger partial charge in [-0.1, -0.05) is 12.2 Å². The quantitative estimate of drug-likeness (QED) is 0.643. The van der Waals surface area contributed by atoms with Gasteiger partial charge in [0.15, 0.2) is 5.78 Å². The summed E-state index contributed by atoms with van der Waals surface area (Å²) < 4.78 is 5.42. The van der Waals surface area contributed by atoms with Crippen molar-refractivity contribution in [3.63, 3.8) is 0 Å². The van der Waals surface area contributed by atoms with Crippen molar-refractivity contribution in [2.24, 2.45) is 11.3 Å². The van der Waals surface area contributed by atoms with E-state index in [0.29, 0.717) is 19.4 Å². The number of allylic oxidation sites excluding steroid dienone is 2. The standard InChI is InChI=1S/C16H22N2O3/c1-11-12(9-17)13(19)16(7-5-6-8-16)10-18(11)14(20)21-15(2,3)4/h5-6,11-12H,7-8,10H2,1-4H3/t11-,12?/m0/s1. The highest BCUT2D eigenvalue weighted by molar-refractivity contribution is 5.92. The second-order valence-corrected chi connectivity index (χ2v) is 6.98. The first-order valence-electron chi connectivity index (χ1n) is 7.29. The molecule has 1 aliphatic carbocycles. The number of carbonyl (C=O) groups excluding carboxylic acids is 2. The van der Waals surface area contributed by atoms with Gasteiger partial charge in [-0.25, -0.2) is 4.79 Å². The molecule has 5 heteroatoms. The van der Waals surface area contributed by atoms with Crippen LogP contribution in [0.3, 0.4) is 0 Å². The predicted molar refractivity (Wildman–Crippen MR) is 77.3 cm³/mol. The van der Waals surface area contributed by atoms with Crippen LogP contribution in [-0.4, -0.2) is 35.0 Å². The van der Waals surface area contributed by atoms with Crippen LogP contribution in [0, 0.1) is 22.7 Å². The maximum absolute atomic E-state index is 12.6. The number of Topliss-reactive ketones (excluding diaryl/α,β-unsaturated/α-hetero) is 1. The smallest absolute Gasteiger partial charge is 0.410 e. The van der Waals surface area contributed by atoms with Gasteiger partial charge in [-0.05, 0) is 40.5 Å². The summed E-state index contributed by atoms with van der Waals surface area (Å²) in [5, 5.41) is 9.34. The van der Waals surface area contributed by atoms with E-state index < -0.39 is 29.1 Å². The lowest BCUT2D eigenvalue weighted by molar-refractivity contribution is -0.138. The average Bonchev–Trinajstić information content (AvgIpc) is 2.82. The van der Waals surface area contributed by atoms with E-state index in [0.717, 1.165) is 0 Å². The Morgan fingerprint density at radius 1 is 1.43 bits per heavy atom. The summed E-state index contributed by atoms with van der Waals surface area (Å²) in [7, 11) is 0. The van der Waals surface area contributed by atoms with E-state index in [1.165, 1.54) is 0 Å². The van der Waals surface area contributed by atoms with E-state index >= 15 is 0 Å². The third-order valence-corrected chi connectivity index (χ3v) is 4.20. The van der Waals surface area contributed by atoms with Gasteiger partial charge in [-0.2, -0.15) is 5.26 Å². The minimum Gasteiger partial charge on any atom is -0.444 e. The van der Waals surface area contributed by atoms with Crippen LogP contribution >= 0.6 is 0 Å². The zero-order valence-corrected chi connectivity index (χ0v) is 13.0. The van der Waals surface area contributed by atoms with Gasteiger partial charge in [-0.15, -0.1) is 0 Å². The molecule has 0 aromatic carbocycles. The second-order valence-electron chi connectivity index (χ2n) is 6.98. The highest BCUT2D eigenvalue weighted by Gasteiger charge is 2.52. The summed E-state index contributed by atoms with van der Waals surface area (Å²) in [5.41, 5.74) is -1.23. The normalized spacial score (nSPS) is 27.8. The fourth-order valence-corrected chi connectivity index (χ4v) is 3.03. The van der Waals surface area contributed by atoms with Crippen molar-refractivity contribution in [1.82, 2.24) is 4.90 Å². The van der Waals surface area contributed by atoms with Gasteiger partial charge >= 0.3 is 6.09 Å². The molecule has 1 aliphatic heterocycles. The first kappa shape index (κ1) is 15.6. The van der Waals surface area contributed by atoms with Crippen LogP contribution in [0.15, 0.2) is 12.2 Å². The molecule has 0 saturated carbocycles. The van der Waals surface area contributed by atoms with Crippen LogP contribution in [0.25, 0.3) is 0 Å². The summed E-state index contributed by atoms with van der Waals surface area (Å²) in [4.78, 5) is 26.5. The molecule has 0 radical (unpaired) electrons.